The summed E-state index contributed by atoms with van der Waals surface area (Å²) in [4.78, 5) is 9.19. The standard InChI is InChI=1S/C21H26N4O.C2H6/c1-14(2)19-20(15(3)4-8-22-19)24-21-17-7-11-25(18(17)5-9-23-21)10-6-16-12-26-13-16;1-2/h4-5,7-9,11,14,16H,6,10,12-13H2,1-3H3,(H,23,24);1-2H3. The van der Waals surface area contributed by atoms with Gasteiger partial charge in [0.2, 0.25) is 0 Å². The quantitative estimate of drug-likeness (QED) is 0.599. The highest BCUT2D eigenvalue weighted by molar-refractivity contribution is 5.92. The number of aromatic nitrogens is 3. The SMILES string of the molecule is CC.Cc1ccnc(C(C)C)c1Nc1nccc2c1ccn2CCC1COC1. The number of nitrogens with one attached hydrogen (secondary N) is 1. The summed E-state index contributed by atoms with van der Waals surface area (Å²) in [5.41, 5.74) is 4.55. The summed E-state index contributed by atoms with van der Waals surface area (Å²) in [5, 5.41) is 4.71. The van der Waals surface area contributed by atoms with Gasteiger partial charge in [-0.15, -0.1) is 0 Å². The van der Waals surface area contributed by atoms with Crippen molar-refractivity contribution in [2.75, 3.05) is 18.5 Å². The first-order valence-corrected chi connectivity index (χ1v) is 10.4. The Morgan fingerprint density at radius 2 is 1.89 bits per heavy atom. The third kappa shape index (κ3) is 4.20. The predicted molar refractivity (Wildman–Crippen MR) is 116 cm³/mol. The summed E-state index contributed by atoms with van der Waals surface area (Å²) in [6, 6.07) is 6.29. The lowest BCUT2D eigenvalue weighted by Gasteiger charge is -2.26. The van der Waals surface area contributed by atoms with Gasteiger partial charge in [-0.2, -0.15) is 0 Å². The largest absolute Gasteiger partial charge is 0.381 e. The van der Waals surface area contributed by atoms with Crippen LogP contribution in [0.2, 0.25) is 0 Å². The van der Waals surface area contributed by atoms with E-state index >= 15 is 0 Å². The number of hydrogen-bond donors (Lipinski definition) is 1. The van der Waals surface area contributed by atoms with Gasteiger partial charge >= 0.3 is 0 Å². The molecule has 0 atom stereocenters. The molecule has 0 bridgehead atoms. The zero-order chi connectivity index (χ0) is 20.1. The Labute approximate surface area is 168 Å². The molecule has 1 N–H and O–H groups in total. The normalized spacial score (nSPS) is 13.9. The lowest BCUT2D eigenvalue weighted by Crippen LogP contribution is -2.28. The van der Waals surface area contributed by atoms with E-state index in [9.17, 15) is 0 Å². The number of fused-ring (bicyclic) bond motifs is 1. The Morgan fingerprint density at radius 1 is 1.14 bits per heavy atom. The van der Waals surface area contributed by atoms with Crippen molar-refractivity contribution in [1.29, 1.82) is 0 Å². The van der Waals surface area contributed by atoms with Gasteiger partial charge in [0.15, 0.2) is 0 Å². The minimum Gasteiger partial charge on any atom is -0.381 e. The van der Waals surface area contributed by atoms with Crippen molar-refractivity contribution >= 4 is 22.4 Å². The average molecular weight is 381 g/mol. The molecule has 3 aromatic heterocycles. The second-order valence-corrected chi connectivity index (χ2v) is 7.46. The first-order chi connectivity index (χ1) is 13.6. The number of rotatable bonds is 6. The second kappa shape index (κ2) is 9.20. The lowest BCUT2D eigenvalue weighted by atomic mass is 10.0. The summed E-state index contributed by atoms with van der Waals surface area (Å²) in [6.45, 7) is 13.3. The molecular formula is C23H32N4O. The van der Waals surface area contributed by atoms with E-state index in [-0.39, 0.29) is 0 Å². The van der Waals surface area contributed by atoms with Crippen LogP contribution in [0.5, 0.6) is 0 Å². The Hall–Kier alpha value is -2.40. The van der Waals surface area contributed by atoms with Gasteiger partial charge in [-0.25, -0.2) is 4.98 Å². The molecule has 1 fully saturated rings. The molecule has 3 aromatic rings. The highest BCUT2D eigenvalue weighted by Gasteiger charge is 2.18. The van der Waals surface area contributed by atoms with Crippen LogP contribution in [0.25, 0.3) is 10.9 Å². The van der Waals surface area contributed by atoms with Crippen LogP contribution in [0.1, 0.15) is 51.3 Å². The van der Waals surface area contributed by atoms with Crippen LogP contribution in [0.3, 0.4) is 0 Å². The van der Waals surface area contributed by atoms with E-state index in [2.05, 4.69) is 59.0 Å². The van der Waals surface area contributed by atoms with Crippen LogP contribution < -0.4 is 5.32 Å². The van der Waals surface area contributed by atoms with E-state index in [4.69, 9.17) is 4.74 Å². The predicted octanol–water partition coefficient (Wildman–Crippen LogP) is 5.67. The van der Waals surface area contributed by atoms with Crippen molar-refractivity contribution in [2.24, 2.45) is 5.92 Å². The maximum Gasteiger partial charge on any atom is 0.139 e. The van der Waals surface area contributed by atoms with Gasteiger partial charge in [-0.05, 0) is 43.0 Å². The number of nitrogens with zero attached hydrogens (tertiary/aromatic N) is 3. The van der Waals surface area contributed by atoms with Crippen molar-refractivity contribution in [1.82, 2.24) is 14.5 Å². The van der Waals surface area contributed by atoms with Gasteiger partial charge in [0.25, 0.3) is 0 Å². The van der Waals surface area contributed by atoms with Crippen LogP contribution in [-0.2, 0) is 11.3 Å². The Bertz CT molecular complexity index is 912. The zero-order valence-electron chi connectivity index (χ0n) is 17.7. The number of pyridine rings is 2. The molecule has 0 aliphatic carbocycles. The molecule has 0 aromatic carbocycles. The summed E-state index contributed by atoms with van der Waals surface area (Å²) >= 11 is 0. The number of aryl methyl sites for hydroxylation is 2. The van der Waals surface area contributed by atoms with E-state index < -0.39 is 0 Å². The molecule has 0 unspecified atom stereocenters. The highest BCUT2D eigenvalue weighted by Crippen LogP contribution is 2.31. The molecule has 1 aliphatic rings. The summed E-state index contributed by atoms with van der Waals surface area (Å²) in [7, 11) is 0. The van der Waals surface area contributed by atoms with Crippen molar-refractivity contribution in [3.8, 4) is 0 Å². The molecule has 5 nitrogen and oxygen atoms in total. The minimum absolute atomic E-state index is 0.353. The Balaban J connectivity index is 0.00000109. The Kier molecular flexibility index (Phi) is 6.68. The van der Waals surface area contributed by atoms with Crippen LogP contribution >= 0.6 is 0 Å². The molecule has 1 saturated heterocycles. The summed E-state index contributed by atoms with van der Waals surface area (Å²) < 4.78 is 7.60. The maximum absolute atomic E-state index is 5.28. The molecule has 0 radical (unpaired) electrons. The topological polar surface area (TPSA) is 52.0 Å². The molecule has 28 heavy (non-hydrogen) atoms. The lowest BCUT2D eigenvalue weighted by molar-refractivity contribution is -0.0370. The monoisotopic (exact) mass is 380 g/mol. The second-order valence-electron chi connectivity index (χ2n) is 7.46. The minimum atomic E-state index is 0.353. The number of anilines is 2. The molecule has 0 amide bonds. The van der Waals surface area contributed by atoms with Crippen molar-refractivity contribution < 1.29 is 4.74 Å². The Morgan fingerprint density at radius 3 is 2.57 bits per heavy atom. The van der Waals surface area contributed by atoms with E-state index in [1.807, 2.05) is 32.3 Å². The molecule has 4 heterocycles. The van der Waals surface area contributed by atoms with Gasteiger partial charge in [0.05, 0.1) is 30.1 Å². The molecule has 4 rings (SSSR count). The number of ether oxygens (including phenoxy) is 1. The highest BCUT2D eigenvalue weighted by atomic mass is 16.5. The maximum atomic E-state index is 5.28. The van der Waals surface area contributed by atoms with E-state index in [0.29, 0.717) is 11.8 Å². The number of hydrogen-bond acceptors (Lipinski definition) is 4. The van der Waals surface area contributed by atoms with Gasteiger partial charge in [0, 0.05) is 36.4 Å². The van der Waals surface area contributed by atoms with Crippen LogP contribution in [0.4, 0.5) is 11.5 Å². The fourth-order valence-electron chi connectivity index (χ4n) is 3.49. The molecule has 5 heteroatoms. The van der Waals surface area contributed by atoms with Crippen LogP contribution in [0, 0.1) is 12.8 Å². The third-order valence-corrected chi connectivity index (χ3v) is 5.16. The fraction of sp³-hybridized carbons (Fsp3) is 0.478. The van der Waals surface area contributed by atoms with Crippen molar-refractivity contribution in [2.45, 2.75) is 53.5 Å². The van der Waals surface area contributed by atoms with Gasteiger partial charge < -0.3 is 14.6 Å². The molecular weight excluding hydrogens is 348 g/mol. The summed E-state index contributed by atoms with van der Waals surface area (Å²) in [6.07, 6.45) is 7.09. The first kappa shape index (κ1) is 20.3. The fourth-order valence-corrected chi connectivity index (χ4v) is 3.49. The zero-order valence-corrected chi connectivity index (χ0v) is 17.7. The van der Waals surface area contributed by atoms with E-state index in [1.165, 1.54) is 11.1 Å². The average Bonchev–Trinajstić information content (AvgIpc) is 3.08. The van der Waals surface area contributed by atoms with Crippen LogP contribution in [-0.4, -0.2) is 27.7 Å². The molecule has 1 aliphatic heterocycles. The van der Waals surface area contributed by atoms with Crippen LogP contribution in [0.15, 0.2) is 36.8 Å². The molecule has 0 spiro atoms. The van der Waals surface area contributed by atoms with Crippen molar-refractivity contribution in [3.05, 3.63) is 48.0 Å². The van der Waals surface area contributed by atoms with E-state index in [1.54, 1.807) is 0 Å². The molecule has 150 valence electrons. The van der Waals surface area contributed by atoms with Gasteiger partial charge in [-0.3, -0.25) is 4.98 Å². The van der Waals surface area contributed by atoms with Gasteiger partial charge in [-0.1, -0.05) is 27.7 Å². The third-order valence-electron chi connectivity index (χ3n) is 5.16. The summed E-state index contributed by atoms with van der Waals surface area (Å²) in [5.74, 6) is 1.95. The van der Waals surface area contributed by atoms with E-state index in [0.717, 1.165) is 48.8 Å². The van der Waals surface area contributed by atoms with Crippen molar-refractivity contribution in [3.63, 3.8) is 0 Å². The molecule has 0 saturated carbocycles. The van der Waals surface area contributed by atoms with Gasteiger partial charge in [0.1, 0.15) is 5.82 Å². The first-order valence-electron chi connectivity index (χ1n) is 10.4. The smallest absolute Gasteiger partial charge is 0.139 e.